The maximum atomic E-state index is 12.3. The second-order valence-corrected chi connectivity index (χ2v) is 6.03. The monoisotopic (exact) mass is 346 g/mol. The highest BCUT2D eigenvalue weighted by molar-refractivity contribution is 5.92. The van der Waals surface area contributed by atoms with E-state index in [0.29, 0.717) is 12.2 Å². The van der Waals surface area contributed by atoms with Crippen molar-refractivity contribution in [1.82, 2.24) is 15.3 Å². The lowest BCUT2D eigenvalue weighted by molar-refractivity contribution is 0.0946. The number of hydrogen-bond acceptors (Lipinski definition) is 4. The second kappa shape index (κ2) is 8.25. The van der Waals surface area contributed by atoms with Crippen molar-refractivity contribution in [2.45, 2.75) is 20.4 Å². The topological polar surface area (TPSA) is 58.1 Å². The number of carbonyl (C=O) groups is 1. The Morgan fingerprint density at radius 1 is 1.08 bits per heavy atom. The summed E-state index contributed by atoms with van der Waals surface area (Å²) in [6.07, 6.45) is 5.18. The largest absolute Gasteiger partial charge is 0.347 e. The second-order valence-electron chi connectivity index (χ2n) is 6.03. The van der Waals surface area contributed by atoms with Crippen molar-refractivity contribution in [3.05, 3.63) is 83.9 Å². The number of nitrogens with one attached hydrogen (secondary N) is 1. The van der Waals surface area contributed by atoms with Gasteiger partial charge in [0.25, 0.3) is 5.91 Å². The SMILES string of the molecule is CCN(c1ccc(C(=O)NCc2cccnc2)nc1)c1cccc(C)c1. The molecule has 5 heteroatoms. The molecule has 1 N–H and O–H groups in total. The first-order chi connectivity index (χ1) is 12.7. The minimum absolute atomic E-state index is 0.195. The van der Waals surface area contributed by atoms with Crippen LogP contribution < -0.4 is 10.2 Å². The van der Waals surface area contributed by atoms with Gasteiger partial charge < -0.3 is 10.2 Å². The Morgan fingerprint density at radius 2 is 1.96 bits per heavy atom. The molecule has 0 radical (unpaired) electrons. The molecule has 0 aliphatic rings. The lowest BCUT2D eigenvalue weighted by Gasteiger charge is -2.23. The summed E-state index contributed by atoms with van der Waals surface area (Å²) in [6.45, 7) is 5.42. The maximum Gasteiger partial charge on any atom is 0.270 e. The Balaban J connectivity index is 1.70. The Bertz CT molecular complexity index is 863. The average Bonchev–Trinajstić information content (AvgIpc) is 2.68. The van der Waals surface area contributed by atoms with E-state index in [1.54, 1.807) is 24.7 Å². The molecule has 5 nitrogen and oxygen atoms in total. The third-order valence-electron chi connectivity index (χ3n) is 4.10. The fourth-order valence-corrected chi connectivity index (χ4v) is 2.77. The van der Waals surface area contributed by atoms with Gasteiger partial charge in [0.05, 0.1) is 11.9 Å². The quantitative estimate of drug-likeness (QED) is 0.736. The molecule has 0 unspecified atom stereocenters. The van der Waals surface area contributed by atoms with Crippen molar-refractivity contribution in [2.24, 2.45) is 0 Å². The van der Waals surface area contributed by atoms with E-state index in [-0.39, 0.29) is 5.91 Å². The molecule has 0 spiro atoms. The van der Waals surface area contributed by atoms with Gasteiger partial charge in [-0.3, -0.25) is 9.78 Å². The predicted molar refractivity (Wildman–Crippen MR) is 104 cm³/mol. The summed E-state index contributed by atoms with van der Waals surface area (Å²) in [7, 11) is 0. The lowest BCUT2D eigenvalue weighted by atomic mass is 10.2. The first kappa shape index (κ1) is 17.6. The number of aromatic nitrogens is 2. The van der Waals surface area contributed by atoms with Crippen LogP contribution in [0.4, 0.5) is 11.4 Å². The van der Waals surface area contributed by atoms with Crippen molar-refractivity contribution in [1.29, 1.82) is 0 Å². The highest BCUT2D eigenvalue weighted by Gasteiger charge is 2.11. The summed E-state index contributed by atoms with van der Waals surface area (Å²) in [5.41, 5.74) is 4.64. The zero-order chi connectivity index (χ0) is 18.4. The van der Waals surface area contributed by atoms with E-state index in [1.165, 1.54) is 5.56 Å². The molecule has 0 saturated heterocycles. The number of amides is 1. The molecule has 0 aliphatic heterocycles. The van der Waals surface area contributed by atoms with Gasteiger partial charge in [-0.1, -0.05) is 18.2 Å². The van der Waals surface area contributed by atoms with Crippen molar-refractivity contribution >= 4 is 17.3 Å². The van der Waals surface area contributed by atoms with Crippen molar-refractivity contribution < 1.29 is 4.79 Å². The molecule has 0 bridgehead atoms. The van der Waals surface area contributed by atoms with E-state index in [4.69, 9.17) is 0 Å². The normalized spacial score (nSPS) is 10.4. The number of hydrogen-bond donors (Lipinski definition) is 1. The van der Waals surface area contributed by atoms with Crippen LogP contribution in [0, 0.1) is 6.92 Å². The fraction of sp³-hybridized carbons (Fsp3) is 0.190. The first-order valence-electron chi connectivity index (χ1n) is 8.64. The number of benzene rings is 1. The summed E-state index contributed by atoms with van der Waals surface area (Å²) in [4.78, 5) is 22.8. The Kier molecular flexibility index (Phi) is 5.59. The Hall–Kier alpha value is -3.21. The van der Waals surface area contributed by atoms with E-state index < -0.39 is 0 Å². The number of carbonyl (C=O) groups excluding carboxylic acids is 1. The number of rotatable bonds is 6. The standard InChI is InChI=1S/C21H22N4O/c1-3-25(18-8-4-6-16(2)12-18)19-9-10-20(23-15-19)21(26)24-14-17-7-5-11-22-13-17/h4-13,15H,3,14H2,1-2H3,(H,24,26). The van der Waals surface area contributed by atoms with Gasteiger partial charge in [0.2, 0.25) is 0 Å². The Labute approximate surface area is 153 Å². The van der Waals surface area contributed by atoms with Crippen LogP contribution in [0.3, 0.4) is 0 Å². The van der Waals surface area contributed by atoms with Crippen molar-refractivity contribution in [3.63, 3.8) is 0 Å². The van der Waals surface area contributed by atoms with Gasteiger partial charge in [0, 0.05) is 31.2 Å². The molecule has 1 aromatic carbocycles. The van der Waals surface area contributed by atoms with Gasteiger partial charge in [-0.25, -0.2) is 4.98 Å². The van der Waals surface area contributed by atoms with Crippen LogP contribution in [0.2, 0.25) is 0 Å². The Morgan fingerprint density at radius 3 is 2.62 bits per heavy atom. The molecular formula is C21H22N4O. The van der Waals surface area contributed by atoms with Crippen molar-refractivity contribution in [3.8, 4) is 0 Å². The third-order valence-corrected chi connectivity index (χ3v) is 4.10. The number of aryl methyl sites for hydroxylation is 1. The summed E-state index contributed by atoms with van der Waals surface area (Å²) < 4.78 is 0. The molecule has 2 aromatic heterocycles. The lowest BCUT2D eigenvalue weighted by Crippen LogP contribution is -2.24. The zero-order valence-corrected chi connectivity index (χ0v) is 15.0. The maximum absolute atomic E-state index is 12.3. The minimum atomic E-state index is -0.195. The molecule has 26 heavy (non-hydrogen) atoms. The van der Waals surface area contributed by atoms with Gasteiger partial charge >= 0.3 is 0 Å². The van der Waals surface area contributed by atoms with Crippen LogP contribution in [0.25, 0.3) is 0 Å². The van der Waals surface area contributed by atoms with Crippen LogP contribution >= 0.6 is 0 Å². The molecular weight excluding hydrogens is 324 g/mol. The van der Waals surface area contributed by atoms with E-state index >= 15 is 0 Å². The highest BCUT2D eigenvalue weighted by atomic mass is 16.1. The number of anilines is 2. The smallest absolute Gasteiger partial charge is 0.270 e. The molecule has 132 valence electrons. The molecule has 0 fully saturated rings. The summed E-state index contributed by atoms with van der Waals surface area (Å²) in [5, 5.41) is 2.86. The van der Waals surface area contributed by atoms with Crippen LogP contribution in [-0.2, 0) is 6.54 Å². The van der Waals surface area contributed by atoms with E-state index in [0.717, 1.165) is 23.5 Å². The summed E-state index contributed by atoms with van der Waals surface area (Å²) >= 11 is 0. The van der Waals surface area contributed by atoms with E-state index in [1.807, 2.05) is 24.3 Å². The molecule has 2 heterocycles. The molecule has 3 aromatic rings. The van der Waals surface area contributed by atoms with Gasteiger partial charge in [0.15, 0.2) is 0 Å². The number of nitrogens with zero attached hydrogens (tertiary/aromatic N) is 3. The zero-order valence-electron chi connectivity index (χ0n) is 15.0. The van der Waals surface area contributed by atoms with Gasteiger partial charge in [-0.2, -0.15) is 0 Å². The van der Waals surface area contributed by atoms with E-state index in [2.05, 4.69) is 52.2 Å². The molecule has 0 saturated carbocycles. The van der Waals surface area contributed by atoms with Crippen LogP contribution in [0.1, 0.15) is 28.5 Å². The van der Waals surface area contributed by atoms with Gasteiger partial charge in [0.1, 0.15) is 5.69 Å². The van der Waals surface area contributed by atoms with E-state index in [9.17, 15) is 4.79 Å². The van der Waals surface area contributed by atoms with Crippen LogP contribution in [-0.4, -0.2) is 22.4 Å². The first-order valence-corrected chi connectivity index (χ1v) is 8.64. The average molecular weight is 346 g/mol. The molecule has 3 rings (SSSR count). The van der Waals surface area contributed by atoms with Crippen LogP contribution in [0.15, 0.2) is 67.1 Å². The molecule has 0 atom stereocenters. The van der Waals surface area contributed by atoms with Crippen molar-refractivity contribution in [2.75, 3.05) is 11.4 Å². The fourth-order valence-electron chi connectivity index (χ4n) is 2.77. The summed E-state index contributed by atoms with van der Waals surface area (Å²) in [5.74, 6) is -0.195. The molecule has 1 amide bonds. The predicted octanol–water partition coefficient (Wildman–Crippen LogP) is 3.87. The third kappa shape index (κ3) is 4.25. The summed E-state index contributed by atoms with van der Waals surface area (Å²) in [6, 6.07) is 15.8. The van der Waals surface area contributed by atoms with Gasteiger partial charge in [-0.15, -0.1) is 0 Å². The minimum Gasteiger partial charge on any atom is -0.347 e. The van der Waals surface area contributed by atoms with Crippen LogP contribution in [0.5, 0.6) is 0 Å². The molecule has 0 aliphatic carbocycles. The number of pyridine rings is 2. The van der Waals surface area contributed by atoms with Gasteiger partial charge in [-0.05, 0) is 55.3 Å². The highest BCUT2D eigenvalue weighted by Crippen LogP contribution is 2.25.